The molecule has 3 nitrogen and oxygen atoms in total. The Morgan fingerprint density at radius 1 is 1.29 bits per heavy atom. The fourth-order valence-electron chi connectivity index (χ4n) is 1.84. The Morgan fingerprint density at radius 3 is 2.18 bits per heavy atom. The maximum absolute atomic E-state index is 12.1. The molecule has 0 heterocycles. The van der Waals surface area contributed by atoms with E-state index in [1.807, 2.05) is 19.1 Å². The van der Waals surface area contributed by atoms with Gasteiger partial charge in [0.2, 0.25) is 10.0 Å². The van der Waals surface area contributed by atoms with Crippen molar-refractivity contribution in [2.45, 2.75) is 25.7 Å². The molecule has 0 aromatic heterocycles. The lowest BCUT2D eigenvalue weighted by Crippen LogP contribution is -2.26. The van der Waals surface area contributed by atoms with Gasteiger partial charge in [-0.3, -0.25) is 0 Å². The maximum atomic E-state index is 12.1. The smallest absolute Gasteiger partial charge is 0.207 e. The van der Waals surface area contributed by atoms with E-state index in [1.54, 1.807) is 13.8 Å². The van der Waals surface area contributed by atoms with Crippen LogP contribution in [0.5, 0.6) is 0 Å². The third-order valence-electron chi connectivity index (χ3n) is 2.33. The predicted molar refractivity (Wildman–Crippen MR) is 73.9 cm³/mol. The summed E-state index contributed by atoms with van der Waals surface area (Å²) >= 11 is 3.13. The predicted octanol–water partition coefficient (Wildman–Crippen LogP) is 2.80. The van der Waals surface area contributed by atoms with Crippen LogP contribution in [-0.4, -0.2) is 15.0 Å². The molecule has 0 radical (unpaired) electrons. The molecule has 0 aliphatic heterocycles. The van der Waals surface area contributed by atoms with Crippen LogP contribution in [0, 0.1) is 20.8 Å². The van der Waals surface area contributed by atoms with Crippen molar-refractivity contribution in [3.8, 4) is 0 Å². The molecule has 1 aromatic carbocycles. The topological polar surface area (TPSA) is 46.2 Å². The van der Waals surface area contributed by atoms with Gasteiger partial charge in [0, 0.05) is 11.0 Å². The molecule has 0 bridgehead atoms. The van der Waals surface area contributed by atoms with Gasteiger partial charge in [0.25, 0.3) is 0 Å². The molecule has 17 heavy (non-hydrogen) atoms. The number of aryl methyl sites for hydroxylation is 3. The highest BCUT2D eigenvalue weighted by molar-refractivity contribution is 9.11. The highest BCUT2D eigenvalue weighted by atomic mass is 79.9. The first kappa shape index (κ1) is 14.4. The Labute approximate surface area is 111 Å². The summed E-state index contributed by atoms with van der Waals surface area (Å²) in [4.78, 5) is 0.358. The van der Waals surface area contributed by atoms with E-state index in [1.165, 1.54) is 0 Å². The normalized spacial score (nSPS) is 11.5. The Morgan fingerprint density at radius 2 is 1.76 bits per heavy atom. The van der Waals surface area contributed by atoms with Gasteiger partial charge in [0.15, 0.2) is 0 Å². The van der Waals surface area contributed by atoms with Crippen LogP contribution < -0.4 is 4.72 Å². The van der Waals surface area contributed by atoms with E-state index in [4.69, 9.17) is 0 Å². The molecule has 0 amide bonds. The van der Waals surface area contributed by atoms with Crippen LogP contribution in [0.3, 0.4) is 0 Å². The average Bonchev–Trinajstić information content (AvgIpc) is 2.12. The van der Waals surface area contributed by atoms with Gasteiger partial charge in [0.05, 0.1) is 4.90 Å². The van der Waals surface area contributed by atoms with Crippen molar-refractivity contribution < 1.29 is 8.42 Å². The molecule has 94 valence electrons. The van der Waals surface area contributed by atoms with Crippen LogP contribution >= 0.6 is 15.9 Å². The summed E-state index contributed by atoms with van der Waals surface area (Å²) < 4.78 is 27.3. The highest BCUT2D eigenvalue weighted by Gasteiger charge is 2.19. The SMILES string of the molecule is C=C(Br)CNS(=O)(=O)c1c(C)cc(C)cc1C. The molecule has 5 heteroatoms. The summed E-state index contributed by atoms with van der Waals surface area (Å²) in [6.45, 7) is 9.34. The standard InChI is InChI=1S/C12H16BrNO2S/c1-8-5-9(2)12(10(3)6-8)17(15,16)14-7-11(4)13/h5-6,14H,4,7H2,1-3H3. The summed E-state index contributed by atoms with van der Waals surface area (Å²) in [6.07, 6.45) is 0. The minimum absolute atomic E-state index is 0.190. The molecule has 0 saturated heterocycles. The van der Waals surface area contributed by atoms with Gasteiger partial charge in [-0.15, -0.1) is 0 Å². The molecule has 0 atom stereocenters. The molecule has 1 aromatic rings. The maximum Gasteiger partial charge on any atom is 0.241 e. The quantitative estimate of drug-likeness (QED) is 0.928. The number of halogens is 1. The summed E-state index contributed by atoms with van der Waals surface area (Å²) in [7, 11) is -3.47. The lowest BCUT2D eigenvalue weighted by atomic mass is 10.1. The van der Waals surface area contributed by atoms with Gasteiger partial charge in [-0.05, 0) is 31.9 Å². The molecule has 0 unspecified atom stereocenters. The van der Waals surface area contributed by atoms with Crippen molar-refractivity contribution in [2.75, 3.05) is 6.54 Å². The lowest BCUT2D eigenvalue weighted by Gasteiger charge is -2.12. The van der Waals surface area contributed by atoms with Gasteiger partial charge in [0.1, 0.15) is 0 Å². The van der Waals surface area contributed by atoms with Gasteiger partial charge >= 0.3 is 0 Å². The first-order valence-electron chi connectivity index (χ1n) is 5.15. The number of rotatable bonds is 4. The first-order chi connectivity index (χ1) is 7.74. The Kier molecular flexibility index (Phi) is 4.52. The molecule has 0 saturated carbocycles. The molecule has 0 spiro atoms. The second-order valence-corrected chi connectivity index (χ2v) is 6.89. The number of hydrogen-bond acceptors (Lipinski definition) is 2. The van der Waals surface area contributed by atoms with Crippen molar-refractivity contribution in [2.24, 2.45) is 0 Å². The largest absolute Gasteiger partial charge is 0.241 e. The van der Waals surface area contributed by atoms with E-state index in [2.05, 4.69) is 27.2 Å². The van der Waals surface area contributed by atoms with Crippen LogP contribution in [0.25, 0.3) is 0 Å². The molecular weight excluding hydrogens is 302 g/mol. The van der Waals surface area contributed by atoms with Crippen molar-refractivity contribution in [3.63, 3.8) is 0 Å². The first-order valence-corrected chi connectivity index (χ1v) is 7.42. The molecular formula is C12H16BrNO2S. The fourth-order valence-corrected chi connectivity index (χ4v) is 3.64. The summed E-state index contributed by atoms with van der Waals surface area (Å²) in [5, 5.41) is 0. The van der Waals surface area contributed by atoms with E-state index < -0.39 is 10.0 Å². The third kappa shape index (κ3) is 3.66. The van der Waals surface area contributed by atoms with Crippen LogP contribution in [0.1, 0.15) is 16.7 Å². The van der Waals surface area contributed by atoms with Crippen molar-refractivity contribution >= 4 is 26.0 Å². The van der Waals surface area contributed by atoms with Gasteiger partial charge < -0.3 is 0 Å². The zero-order valence-electron chi connectivity index (χ0n) is 10.2. The van der Waals surface area contributed by atoms with Crippen LogP contribution in [-0.2, 0) is 10.0 Å². The van der Waals surface area contributed by atoms with Crippen LogP contribution in [0.4, 0.5) is 0 Å². The molecule has 0 aliphatic carbocycles. The summed E-state index contributed by atoms with van der Waals surface area (Å²) in [5.74, 6) is 0. The zero-order valence-corrected chi connectivity index (χ0v) is 12.6. The van der Waals surface area contributed by atoms with E-state index >= 15 is 0 Å². The molecule has 1 rings (SSSR count). The monoisotopic (exact) mass is 317 g/mol. The van der Waals surface area contributed by atoms with Gasteiger partial charge in [-0.2, -0.15) is 0 Å². The number of hydrogen-bond donors (Lipinski definition) is 1. The third-order valence-corrected chi connectivity index (χ3v) is 4.31. The Balaban J connectivity index is 3.20. The van der Waals surface area contributed by atoms with Crippen LogP contribution in [0.15, 0.2) is 28.1 Å². The van der Waals surface area contributed by atoms with E-state index in [9.17, 15) is 8.42 Å². The van der Waals surface area contributed by atoms with Crippen molar-refractivity contribution in [1.82, 2.24) is 4.72 Å². The van der Waals surface area contributed by atoms with Crippen molar-refractivity contribution in [3.05, 3.63) is 39.9 Å². The second kappa shape index (κ2) is 5.33. The fraction of sp³-hybridized carbons (Fsp3) is 0.333. The summed E-state index contributed by atoms with van der Waals surface area (Å²) in [5.41, 5.74) is 2.58. The molecule has 0 fully saturated rings. The number of benzene rings is 1. The highest BCUT2D eigenvalue weighted by Crippen LogP contribution is 2.21. The zero-order chi connectivity index (χ0) is 13.2. The van der Waals surface area contributed by atoms with Crippen LogP contribution in [0.2, 0.25) is 0 Å². The Bertz CT molecular complexity index is 527. The van der Waals surface area contributed by atoms with Gasteiger partial charge in [-0.25, -0.2) is 13.1 Å². The van der Waals surface area contributed by atoms with Gasteiger partial charge in [-0.1, -0.05) is 40.2 Å². The number of nitrogens with one attached hydrogen (secondary N) is 1. The minimum Gasteiger partial charge on any atom is -0.207 e. The van der Waals surface area contributed by atoms with E-state index in [0.29, 0.717) is 9.38 Å². The lowest BCUT2D eigenvalue weighted by molar-refractivity contribution is 0.584. The van der Waals surface area contributed by atoms with E-state index in [-0.39, 0.29) is 6.54 Å². The number of sulfonamides is 1. The molecule has 1 N–H and O–H groups in total. The van der Waals surface area contributed by atoms with Crippen molar-refractivity contribution in [1.29, 1.82) is 0 Å². The summed E-state index contributed by atoms with van der Waals surface area (Å²) in [6, 6.07) is 3.73. The Hall–Kier alpha value is -0.650. The second-order valence-electron chi connectivity index (χ2n) is 4.07. The molecule has 0 aliphatic rings. The average molecular weight is 318 g/mol. The van der Waals surface area contributed by atoms with E-state index in [0.717, 1.165) is 16.7 Å². The minimum atomic E-state index is -3.47.